The van der Waals surface area contributed by atoms with Gasteiger partial charge in [0.2, 0.25) is 0 Å². The molecule has 0 bridgehead atoms. The molecule has 0 heterocycles. The van der Waals surface area contributed by atoms with E-state index in [1.807, 2.05) is 13.0 Å². The monoisotopic (exact) mass is 279 g/mol. The molecule has 2 nitrogen and oxygen atoms in total. The molecule has 0 aromatic heterocycles. The number of benzene rings is 2. The van der Waals surface area contributed by atoms with Crippen molar-refractivity contribution in [1.82, 2.24) is 0 Å². The summed E-state index contributed by atoms with van der Waals surface area (Å²) < 4.78 is 19.6. The van der Waals surface area contributed by atoms with Crippen molar-refractivity contribution in [3.63, 3.8) is 0 Å². The number of para-hydroxylation sites is 1. The number of hydrogen-bond acceptors (Lipinski definition) is 2. The molecule has 0 saturated heterocycles. The minimum absolute atomic E-state index is 0.155. The van der Waals surface area contributed by atoms with Crippen molar-refractivity contribution in [2.45, 2.75) is 19.9 Å². The molecule has 0 fully saturated rings. The molecule has 2 rings (SSSR count). The highest BCUT2D eigenvalue weighted by atomic mass is 35.5. The summed E-state index contributed by atoms with van der Waals surface area (Å²) >= 11 is 5.93. The van der Waals surface area contributed by atoms with Crippen LogP contribution in [-0.2, 0) is 0 Å². The van der Waals surface area contributed by atoms with Gasteiger partial charge in [0.25, 0.3) is 0 Å². The van der Waals surface area contributed by atoms with Gasteiger partial charge in [0, 0.05) is 16.6 Å². The second kappa shape index (κ2) is 5.59. The minimum atomic E-state index is -0.436. The summed E-state index contributed by atoms with van der Waals surface area (Å²) in [6, 6.07) is 9.65. The normalized spacial score (nSPS) is 12.3. The molecule has 0 saturated carbocycles. The van der Waals surface area contributed by atoms with Gasteiger partial charge in [-0.1, -0.05) is 29.8 Å². The van der Waals surface area contributed by atoms with Gasteiger partial charge in [-0.2, -0.15) is 0 Å². The first-order valence-corrected chi connectivity index (χ1v) is 6.35. The average molecular weight is 280 g/mol. The van der Waals surface area contributed by atoms with Crippen molar-refractivity contribution >= 4 is 11.6 Å². The van der Waals surface area contributed by atoms with E-state index in [0.717, 1.165) is 5.56 Å². The Balaban J connectivity index is 2.46. The maximum atomic E-state index is 13.9. The first-order chi connectivity index (χ1) is 8.99. The van der Waals surface area contributed by atoms with Crippen LogP contribution in [0, 0.1) is 12.7 Å². The van der Waals surface area contributed by atoms with Crippen molar-refractivity contribution < 1.29 is 9.13 Å². The highest BCUT2D eigenvalue weighted by Gasteiger charge is 2.15. The summed E-state index contributed by atoms with van der Waals surface area (Å²) in [6.07, 6.45) is 0. The quantitative estimate of drug-likeness (QED) is 0.891. The van der Waals surface area contributed by atoms with E-state index in [1.165, 1.54) is 6.07 Å². The number of halogens is 2. The van der Waals surface area contributed by atoms with E-state index >= 15 is 0 Å². The van der Waals surface area contributed by atoms with Crippen LogP contribution in [0.5, 0.6) is 11.5 Å². The molecule has 19 heavy (non-hydrogen) atoms. The second-order valence-corrected chi connectivity index (χ2v) is 4.90. The fraction of sp³-hybridized carbons (Fsp3) is 0.200. The van der Waals surface area contributed by atoms with Crippen LogP contribution < -0.4 is 10.5 Å². The number of hydrogen-bond donors (Lipinski definition) is 1. The lowest BCUT2D eigenvalue weighted by Gasteiger charge is -2.15. The largest absolute Gasteiger partial charge is 0.454 e. The number of rotatable bonds is 3. The molecule has 0 aliphatic rings. The summed E-state index contributed by atoms with van der Waals surface area (Å²) in [7, 11) is 0. The van der Waals surface area contributed by atoms with E-state index in [0.29, 0.717) is 16.3 Å². The summed E-state index contributed by atoms with van der Waals surface area (Å²) in [5.74, 6) is 0.247. The molecular weight excluding hydrogens is 265 g/mol. The fourth-order valence-electron chi connectivity index (χ4n) is 1.79. The van der Waals surface area contributed by atoms with Crippen LogP contribution in [-0.4, -0.2) is 0 Å². The number of nitrogens with two attached hydrogens (primary N) is 1. The lowest BCUT2D eigenvalue weighted by atomic mass is 10.1. The molecule has 0 radical (unpaired) electrons. The molecule has 0 aliphatic carbocycles. The van der Waals surface area contributed by atoms with E-state index in [9.17, 15) is 4.39 Å². The second-order valence-electron chi connectivity index (χ2n) is 4.46. The lowest BCUT2D eigenvalue weighted by Crippen LogP contribution is -2.07. The van der Waals surface area contributed by atoms with Crippen LogP contribution in [0.3, 0.4) is 0 Å². The van der Waals surface area contributed by atoms with E-state index < -0.39 is 5.82 Å². The van der Waals surface area contributed by atoms with Crippen LogP contribution in [0.4, 0.5) is 4.39 Å². The third-order valence-corrected chi connectivity index (χ3v) is 3.09. The van der Waals surface area contributed by atoms with E-state index in [-0.39, 0.29) is 11.8 Å². The van der Waals surface area contributed by atoms with Gasteiger partial charge < -0.3 is 10.5 Å². The maximum Gasteiger partial charge on any atom is 0.167 e. The van der Waals surface area contributed by atoms with Crippen molar-refractivity contribution in [3.8, 4) is 11.5 Å². The zero-order chi connectivity index (χ0) is 14.0. The van der Waals surface area contributed by atoms with Crippen molar-refractivity contribution in [3.05, 3.63) is 58.4 Å². The molecule has 2 aromatic rings. The third kappa shape index (κ3) is 3.06. The number of ether oxygens (including phenoxy) is 1. The van der Waals surface area contributed by atoms with Crippen molar-refractivity contribution in [2.75, 3.05) is 0 Å². The first-order valence-electron chi connectivity index (χ1n) is 5.97. The number of aryl methyl sites for hydroxylation is 1. The van der Waals surface area contributed by atoms with Gasteiger partial charge in [0.1, 0.15) is 5.75 Å². The van der Waals surface area contributed by atoms with E-state index in [1.54, 1.807) is 31.2 Å². The van der Waals surface area contributed by atoms with E-state index in [2.05, 4.69) is 0 Å². The fourth-order valence-corrected chi connectivity index (χ4v) is 1.95. The third-order valence-electron chi connectivity index (χ3n) is 2.85. The van der Waals surface area contributed by atoms with Gasteiger partial charge in [-0.3, -0.25) is 0 Å². The standard InChI is InChI=1S/C15H15ClFNO/c1-9-6-7-11(16)8-14(9)19-15-12(10(2)18)4-3-5-13(15)17/h3-8,10H,18H2,1-2H3/t10-/m0/s1. The molecule has 100 valence electrons. The lowest BCUT2D eigenvalue weighted by molar-refractivity contribution is 0.430. The van der Waals surface area contributed by atoms with Gasteiger partial charge in [-0.05, 0) is 37.6 Å². The Bertz CT molecular complexity index is 599. The van der Waals surface area contributed by atoms with Crippen LogP contribution in [0.15, 0.2) is 36.4 Å². The predicted octanol–water partition coefficient (Wildman–Crippen LogP) is 4.60. The maximum absolute atomic E-state index is 13.9. The van der Waals surface area contributed by atoms with E-state index in [4.69, 9.17) is 22.1 Å². The molecule has 1 atom stereocenters. The Morgan fingerprint density at radius 1 is 1.26 bits per heavy atom. The van der Waals surface area contributed by atoms with Gasteiger partial charge in [-0.25, -0.2) is 4.39 Å². The summed E-state index contributed by atoms with van der Waals surface area (Å²) in [5.41, 5.74) is 7.33. The van der Waals surface area contributed by atoms with Crippen molar-refractivity contribution in [2.24, 2.45) is 5.73 Å². The van der Waals surface area contributed by atoms with Crippen LogP contribution >= 0.6 is 11.6 Å². The highest BCUT2D eigenvalue weighted by Crippen LogP contribution is 2.34. The topological polar surface area (TPSA) is 35.2 Å². The summed E-state index contributed by atoms with van der Waals surface area (Å²) in [4.78, 5) is 0. The van der Waals surface area contributed by atoms with Gasteiger partial charge in [0.15, 0.2) is 11.6 Å². The Labute approximate surface area is 117 Å². The zero-order valence-corrected chi connectivity index (χ0v) is 11.5. The first kappa shape index (κ1) is 13.8. The highest BCUT2D eigenvalue weighted by molar-refractivity contribution is 6.30. The Morgan fingerprint density at radius 2 is 2.00 bits per heavy atom. The molecule has 0 amide bonds. The Hall–Kier alpha value is -1.58. The van der Waals surface area contributed by atoms with Gasteiger partial charge in [-0.15, -0.1) is 0 Å². The molecule has 0 unspecified atom stereocenters. The molecule has 2 aromatic carbocycles. The Morgan fingerprint density at radius 3 is 2.68 bits per heavy atom. The summed E-state index contributed by atoms with van der Waals surface area (Å²) in [5, 5.41) is 0.541. The minimum Gasteiger partial charge on any atom is -0.454 e. The van der Waals surface area contributed by atoms with Crippen LogP contribution in [0.1, 0.15) is 24.1 Å². The molecule has 2 N–H and O–H groups in total. The SMILES string of the molecule is Cc1ccc(Cl)cc1Oc1c(F)cccc1[C@H](C)N. The molecular formula is C15H15ClFNO. The smallest absolute Gasteiger partial charge is 0.167 e. The van der Waals surface area contributed by atoms with Crippen LogP contribution in [0.2, 0.25) is 5.02 Å². The predicted molar refractivity (Wildman–Crippen MR) is 75.3 cm³/mol. The average Bonchev–Trinajstić information content (AvgIpc) is 2.35. The van der Waals surface area contributed by atoms with Crippen molar-refractivity contribution in [1.29, 1.82) is 0 Å². The molecule has 0 spiro atoms. The zero-order valence-electron chi connectivity index (χ0n) is 10.8. The van der Waals surface area contributed by atoms with Gasteiger partial charge >= 0.3 is 0 Å². The summed E-state index contributed by atoms with van der Waals surface area (Å²) in [6.45, 7) is 3.66. The van der Waals surface area contributed by atoms with Crippen LogP contribution in [0.25, 0.3) is 0 Å². The van der Waals surface area contributed by atoms with Gasteiger partial charge in [0.05, 0.1) is 0 Å². The molecule has 4 heteroatoms. The Kier molecular flexibility index (Phi) is 4.08. The molecule has 0 aliphatic heterocycles.